The second kappa shape index (κ2) is 9.13. The monoisotopic (exact) mass is 410 g/mol. The third-order valence-corrected chi connectivity index (χ3v) is 5.60. The molecule has 8 heteroatoms. The maximum absolute atomic E-state index is 12.5. The van der Waals surface area contributed by atoms with Crippen molar-refractivity contribution < 1.29 is 18.8 Å². The minimum atomic E-state index is -0.292. The summed E-state index contributed by atoms with van der Waals surface area (Å²) in [4.78, 5) is 42.4. The van der Waals surface area contributed by atoms with Crippen molar-refractivity contribution in [2.45, 2.75) is 19.4 Å². The van der Waals surface area contributed by atoms with Crippen LogP contribution >= 0.6 is 0 Å². The van der Waals surface area contributed by atoms with Crippen LogP contribution in [-0.4, -0.2) is 66.8 Å². The van der Waals surface area contributed by atoms with E-state index >= 15 is 0 Å². The molecule has 1 aromatic heterocycles. The molecule has 8 nitrogen and oxygen atoms in total. The van der Waals surface area contributed by atoms with E-state index in [1.54, 1.807) is 40.3 Å². The number of amides is 3. The molecule has 0 bridgehead atoms. The normalized spacial score (nSPS) is 17.4. The van der Waals surface area contributed by atoms with Crippen molar-refractivity contribution in [1.82, 2.24) is 15.1 Å². The SMILES string of the molecule is O=C(NCC(=O)N1CCN(Cc2ccco2)CC1)c1ccc(N2CCCC2=O)cc1. The first-order valence-corrected chi connectivity index (χ1v) is 10.3. The molecule has 0 aliphatic carbocycles. The van der Waals surface area contributed by atoms with Gasteiger partial charge in [-0.15, -0.1) is 0 Å². The minimum Gasteiger partial charge on any atom is -0.468 e. The second-order valence-corrected chi connectivity index (χ2v) is 7.61. The molecule has 158 valence electrons. The summed E-state index contributed by atoms with van der Waals surface area (Å²) in [7, 11) is 0. The first kappa shape index (κ1) is 20.2. The minimum absolute atomic E-state index is 0.0244. The molecular weight excluding hydrogens is 384 g/mol. The Labute approximate surface area is 175 Å². The van der Waals surface area contributed by atoms with Crippen LogP contribution < -0.4 is 10.2 Å². The van der Waals surface area contributed by atoms with Gasteiger partial charge in [-0.3, -0.25) is 19.3 Å². The van der Waals surface area contributed by atoms with Gasteiger partial charge in [0.15, 0.2) is 0 Å². The van der Waals surface area contributed by atoms with Crippen LogP contribution in [0.25, 0.3) is 0 Å². The zero-order valence-electron chi connectivity index (χ0n) is 16.9. The molecule has 0 atom stereocenters. The van der Waals surface area contributed by atoms with Gasteiger partial charge in [-0.1, -0.05) is 0 Å². The summed E-state index contributed by atoms with van der Waals surface area (Å²) < 4.78 is 5.37. The molecule has 0 spiro atoms. The fourth-order valence-electron chi connectivity index (χ4n) is 3.86. The van der Waals surface area contributed by atoms with Crippen molar-refractivity contribution in [2.75, 3.05) is 44.2 Å². The van der Waals surface area contributed by atoms with Crippen LogP contribution in [0, 0.1) is 0 Å². The van der Waals surface area contributed by atoms with Crippen LogP contribution in [0.3, 0.4) is 0 Å². The fourth-order valence-corrected chi connectivity index (χ4v) is 3.86. The Morgan fingerprint density at radius 2 is 1.77 bits per heavy atom. The molecule has 2 aromatic rings. The number of furan rings is 1. The summed E-state index contributed by atoms with van der Waals surface area (Å²) in [6.07, 6.45) is 3.10. The molecule has 1 aromatic carbocycles. The average Bonchev–Trinajstić information content (AvgIpc) is 3.44. The third-order valence-electron chi connectivity index (χ3n) is 5.60. The van der Waals surface area contributed by atoms with Crippen LogP contribution in [0.5, 0.6) is 0 Å². The maximum atomic E-state index is 12.5. The van der Waals surface area contributed by atoms with Gasteiger partial charge in [-0.05, 0) is 42.8 Å². The van der Waals surface area contributed by atoms with Crippen molar-refractivity contribution in [3.05, 3.63) is 54.0 Å². The molecule has 2 aliphatic rings. The van der Waals surface area contributed by atoms with Gasteiger partial charge >= 0.3 is 0 Å². The predicted molar refractivity (Wildman–Crippen MR) is 111 cm³/mol. The maximum Gasteiger partial charge on any atom is 0.251 e. The molecule has 1 N–H and O–H groups in total. The molecule has 0 saturated carbocycles. The van der Waals surface area contributed by atoms with E-state index in [1.807, 2.05) is 12.1 Å². The highest BCUT2D eigenvalue weighted by molar-refractivity contribution is 5.98. The summed E-state index contributed by atoms with van der Waals surface area (Å²) in [6.45, 7) is 4.25. The summed E-state index contributed by atoms with van der Waals surface area (Å²) in [6, 6.07) is 10.7. The van der Waals surface area contributed by atoms with E-state index in [1.165, 1.54) is 0 Å². The van der Waals surface area contributed by atoms with Crippen LogP contribution in [0.4, 0.5) is 5.69 Å². The lowest BCUT2D eigenvalue weighted by atomic mass is 10.2. The lowest BCUT2D eigenvalue weighted by Crippen LogP contribution is -2.50. The van der Waals surface area contributed by atoms with Crippen LogP contribution in [0.1, 0.15) is 29.0 Å². The molecule has 3 amide bonds. The molecule has 2 aliphatic heterocycles. The number of carbonyl (C=O) groups excluding carboxylic acids is 3. The zero-order valence-corrected chi connectivity index (χ0v) is 16.9. The zero-order chi connectivity index (χ0) is 20.9. The lowest BCUT2D eigenvalue weighted by Gasteiger charge is -2.34. The Morgan fingerprint density at radius 1 is 1.00 bits per heavy atom. The van der Waals surface area contributed by atoms with E-state index in [4.69, 9.17) is 4.42 Å². The van der Waals surface area contributed by atoms with E-state index in [0.29, 0.717) is 31.6 Å². The molecule has 30 heavy (non-hydrogen) atoms. The van der Waals surface area contributed by atoms with E-state index in [2.05, 4.69) is 10.2 Å². The van der Waals surface area contributed by atoms with Crippen molar-refractivity contribution in [3.8, 4) is 0 Å². The number of piperazine rings is 1. The summed E-state index contributed by atoms with van der Waals surface area (Å²) in [5.41, 5.74) is 1.28. The van der Waals surface area contributed by atoms with E-state index in [9.17, 15) is 14.4 Å². The van der Waals surface area contributed by atoms with Gasteiger partial charge in [0.1, 0.15) is 5.76 Å². The topological polar surface area (TPSA) is 86.1 Å². The standard InChI is InChI=1S/C22H26N4O4/c27-20-4-1-9-26(20)18-7-5-17(6-8-18)22(29)23-15-21(28)25-12-10-24(11-13-25)16-19-3-2-14-30-19/h2-3,5-8,14H,1,4,9-13,15-16H2,(H,23,29). The Bertz CT molecular complexity index is 886. The van der Waals surface area contributed by atoms with E-state index < -0.39 is 0 Å². The van der Waals surface area contributed by atoms with Crippen LogP contribution in [0.2, 0.25) is 0 Å². The van der Waals surface area contributed by atoms with Crippen molar-refractivity contribution >= 4 is 23.4 Å². The largest absolute Gasteiger partial charge is 0.468 e. The number of nitrogens with zero attached hydrogens (tertiary/aromatic N) is 3. The Balaban J connectivity index is 1.22. The third kappa shape index (κ3) is 4.71. The molecule has 3 heterocycles. The number of hydrogen-bond donors (Lipinski definition) is 1. The summed E-state index contributed by atoms with van der Waals surface area (Å²) in [5.74, 6) is 0.656. The molecular formula is C22H26N4O4. The fraction of sp³-hybridized carbons (Fsp3) is 0.409. The highest BCUT2D eigenvalue weighted by atomic mass is 16.3. The van der Waals surface area contributed by atoms with Gasteiger partial charge in [0, 0.05) is 50.4 Å². The predicted octanol–water partition coefficient (Wildman–Crippen LogP) is 1.48. The van der Waals surface area contributed by atoms with Gasteiger partial charge in [-0.2, -0.15) is 0 Å². The molecule has 0 radical (unpaired) electrons. The number of carbonyl (C=O) groups is 3. The number of nitrogens with one attached hydrogen (secondary N) is 1. The number of benzene rings is 1. The number of anilines is 1. The number of hydrogen-bond acceptors (Lipinski definition) is 5. The molecule has 0 unspecified atom stereocenters. The first-order chi connectivity index (χ1) is 14.6. The Hall–Kier alpha value is -3.13. The van der Waals surface area contributed by atoms with Gasteiger partial charge in [0.05, 0.1) is 19.4 Å². The highest BCUT2D eigenvalue weighted by Crippen LogP contribution is 2.21. The number of rotatable bonds is 6. The lowest BCUT2D eigenvalue weighted by molar-refractivity contribution is -0.131. The van der Waals surface area contributed by atoms with E-state index in [0.717, 1.165) is 37.5 Å². The average molecular weight is 410 g/mol. The molecule has 2 fully saturated rings. The quantitative estimate of drug-likeness (QED) is 0.780. The smallest absolute Gasteiger partial charge is 0.251 e. The van der Waals surface area contributed by atoms with Gasteiger partial charge in [-0.25, -0.2) is 0 Å². The van der Waals surface area contributed by atoms with Crippen molar-refractivity contribution in [2.24, 2.45) is 0 Å². The van der Waals surface area contributed by atoms with Gasteiger partial charge in [0.25, 0.3) is 5.91 Å². The first-order valence-electron chi connectivity index (χ1n) is 10.3. The van der Waals surface area contributed by atoms with Crippen molar-refractivity contribution in [1.29, 1.82) is 0 Å². The Morgan fingerprint density at radius 3 is 2.40 bits per heavy atom. The molecule has 2 saturated heterocycles. The van der Waals surface area contributed by atoms with Crippen LogP contribution in [0.15, 0.2) is 47.1 Å². The molecule has 4 rings (SSSR count). The highest BCUT2D eigenvalue weighted by Gasteiger charge is 2.23. The van der Waals surface area contributed by atoms with Gasteiger partial charge in [0.2, 0.25) is 11.8 Å². The Kier molecular flexibility index (Phi) is 6.13. The second-order valence-electron chi connectivity index (χ2n) is 7.61. The summed E-state index contributed by atoms with van der Waals surface area (Å²) >= 11 is 0. The van der Waals surface area contributed by atoms with Crippen LogP contribution in [-0.2, 0) is 16.1 Å². The van der Waals surface area contributed by atoms with Gasteiger partial charge < -0.3 is 19.5 Å². The van der Waals surface area contributed by atoms with E-state index in [-0.39, 0.29) is 24.3 Å². The summed E-state index contributed by atoms with van der Waals surface area (Å²) in [5, 5.41) is 2.70. The van der Waals surface area contributed by atoms with Crippen molar-refractivity contribution in [3.63, 3.8) is 0 Å².